The number of fused-ring (bicyclic) bond motifs is 5. The van der Waals surface area contributed by atoms with Gasteiger partial charge in [0.25, 0.3) is 0 Å². The quantitative estimate of drug-likeness (QED) is 0.0985. The van der Waals surface area contributed by atoms with Crippen molar-refractivity contribution in [3.05, 3.63) is 163 Å². The molecule has 0 unspecified atom stereocenters. The number of aryl methyl sites for hydroxylation is 1. The molecule has 9 rings (SSSR count). The van der Waals surface area contributed by atoms with E-state index in [1.54, 1.807) is 0 Å². The van der Waals surface area contributed by atoms with Crippen molar-refractivity contribution < 1.29 is 24.7 Å². The summed E-state index contributed by atoms with van der Waals surface area (Å²) in [6.07, 6.45) is 13.8. The molecular formula is C48H47BIrN6+. The van der Waals surface area contributed by atoms with Gasteiger partial charge in [-0.1, -0.05) is 108 Å². The summed E-state index contributed by atoms with van der Waals surface area (Å²) in [5.41, 5.74) is 9.84. The zero-order valence-corrected chi connectivity index (χ0v) is 35.8. The second kappa shape index (κ2) is 15.7. The number of rotatable bonds is 5. The van der Waals surface area contributed by atoms with Gasteiger partial charge in [-0.2, -0.15) is 54.6 Å². The number of allylic oxidation sites excluding steroid dienone is 2. The molecule has 2 aliphatic rings. The topological polar surface area (TPSA) is 42.2 Å². The Labute approximate surface area is 345 Å². The normalized spacial score (nSPS) is 13.4. The number of hydrogen-bond acceptors (Lipinski definition) is 3. The van der Waals surface area contributed by atoms with Crippen LogP contribution in [0.5, 0.6) is 0 Å². The van der Waals surface area contributed by atoms with E-state index >= 15 is 0 Å². The van der Waals surface area contributed by atoms with Gasteiger partial charge in [-0.15, -0.1) is 10.4 Å². The second-order valence-electron chi connectivity index (χ2n) is 16.0. The molecule has 280 valence electrons. The number of imidazole rings is 1. The van der Waals surface area contributed by atoms with Crippen LogP contribution in [0.3, 0.4) is 0 Å². The van der Waals surface area contributed by atoms with Gasteiger partial charge in [0.2, 0.25) is 0 Å². The van der Waals surface area contributed by atoms with Gasteiger partial charge >= 0.3 is 27.0 Å². The van der Waals surface area contributed by atoms with Crippen LogP contribution in [0.4, 0.5) is 5.82 Å². The van der Waals surface area contributed by atoms with E-state index in [9.17, 15) is 0 Å². The van der Waals surface area contributed by atoms with E-state index in [-0.39, 0.29) is 32.4 Å². The Morgan fingerprint density at radius 3 is 2.21 bits per heavy atom. The molecule has 6 nitrogen and oxygen atoms in total. The molecule has 0 bridgehead atoms. The third-order valence-electron chi connectivity index (χ3n) is 10.6. The fraction of sp³-hybridized carbons (Fsp3) is 0.229. The Hall–Kier alpha value is -5.30. The fourth-order valence-corrected chi connectivity index (χ4v) is 7.90. The summed E-state index contributed by atoms with van der Waals surface area (Å²) in [5.74, 6) is 3.65. The molecule has 8 heteroatoms. The van der Waals surface area contributed by atoms with Crippen molar-refractivity contribution in [2.45, 2.75) is 65.7 Å². The fourth-order valence-electron chi connectivity index (χ4n) is 7.90. The van der Waals surface area contributed by atoms with Crippen LogP contribution in [-0.4, -0.2) is 31.6 Å². The molecular weight excluding hydrogens is 864 g/mol. The van der Waals surface area contributed by atoms with Gasteiger partial charge in [0.15, 0.2) is 18.0 Å². The number of benzene rings is 4. The number of nitrogens with zero attached hydrogens (tertiary/aromatic N) is 6. The molecule has 7 aromatic rings. The van der Waals surface area contributed by atoms with Crippen molar-refractivity contribution in [3.8, 4) is 11.5 Å². The number of para-hydroxylation sites is 3. The van der Waals surface area contributed by atoms with Crippen LogP contribution in [0, 0.1) is 18.5 Å². The summed E-state index contributed by atoms with van der Waals surface area (Å²) in [4.78, 5) is 12.0. The minimum Gasteiger partial charge on any atom is -0.381 e. The minimum absolute atomic E-state index is 0. The summed E-state index contributed by atoms with van der Waals surface area (Å²) in [5, 5.41) is 2.45. The Morgan fingerprint density at radius 1 is 0.786 bits per heavy atom. The zero-order valence-electron chi connectivity index (χ0n) is 33.4. The maximum absolute atomic E-state index is 5.04. The zero-order chi connectivity index (χ0) is 38.4. The molecule has 0 saturated heterocycles. The van der Waals surface area contributed by atoms with Crippen LogP contribution in [0.15, 0.2) is 133 Å². The van der Waals surface area contributed by atoms with Crippen molar-refractivity contribution in [2.75, 3.05) is 0 Å². The predicted octanol–water partition coefficient (Wildman–Crippen LogP) is 8.96. The van der Waals surface area contributed by atoms with Gasteiger partial charge in [-0.05, 0) is 75.9 Å². The largest absolute Gasteiger partial charge is 3.00 e. The molecule has 0 fully saturated rings. The van der Waals surface area contributed by atoms with Crippen LogP contribution in [0.25, 0.3) is 33.3 Å². The number of hydrogen-bond donors (Lipinski definition) is 0. The van der Waals surface area contributed by atoms with Crippen molar-refractivity contribution in [2.24, 2.45) is 12.0 Å². The van der Waals surface area contributed by atoms with Crippen LogP contribution in [-0.2, 0) is 32.6 Å². The Kier molecular flexibility index (Phi) is 10.9. The van der Waals surface area contributed by atoms with E-state index < -0.39 is 0 Å². The van der Waals surface area contributed by atoms with Crippen LogP contribution in [0.2, 0.25) is 0 Å². The first-order chi connectivity index (χ1) is 26.5. The average molecular weight is 911 g/mol. The van der Waals surface area contributed by atoms with E-state index in [0.717, 1.165) is 34.3 Å². The van der Waals surface area contributed by atoms with Crippen LogP contribution in [0.1, 0.15) is 77.0 Å². The molecule has 0 atom stereocenters. The summed E-state index contributed by atoms with van der Waals surface area (Å²) >= 11 is 0. The number of pyridine rings is 1. The first-order valence-corrected chi connectivity index (χ1v) is 19.2. The molecule has 0 radical (unpaired) electrons. The molecule has 5 heterocycles. The monoisotopic (exact) mass is 911 g/mol. The summed E-state index contributed by atoms with van der Waals surface area (Å²) in [6.45, 7) is 15.8. The first-order valence-electron chi connectivity index (χ1n) is 19.2. The maximum atomic E-state index is 5.04. The first kappa shape index (κ1) is 39.0. The molecule has 0 saturated carbocycles. The Balaban J connectivity index is 0.000000177. The molecule has 2 aliphatic heterocycles. The SMILES string of the molecule is CC(C)(C)c1ccnc(-n2c3[c-]cccc3c3ccccc32)c1.CC(C)c1cccc(C(C)C)c1B1c2c([n+](C)[c-]n2-c2[c-]cccc2)N=C2C=CC=CN12.[Ir+3]. The number of aliphatic imine (C=N–C) groups is 1. The van der Waals surface area contributed by atoms with E-state index in [0.29, 0.717) is 11.8 Å². The van der Waals surface area contributed by atoms with Crippen molar-refractivity contribution >= 4 is 51.4 Å². The maximum Gasteiger partial charge on any atom is 3.00 e. The van der Waals surface area contributed by atoms with E-state index in [2.05, 4.69) is 177 Å². The molecule has 3 aromatic heterocycles. The molecule has 4 aromatic carbocycles. The standard InChI is InChI=1S/C27H28BN4.C21H19N2.Ir/c1-19(2)22-14-11-15-23(20(3)4)25(22)28-26-27(29-24-16-9-10-17-32(24)28)30(5)18-31(26)21-12-7-6-8-13-21;1-21(2,3)15-12-13-22-20(14-15)23-18-10-6-4-8-16(18)17-9-5-7-11-19(17)23;/h6-12,14-17,19-20H,1-5H3;4-10,12-14H,1-3H3;/q2*-1;+3. The van der Waals surface area contributed by atoms with Gasteiger partial charge in [0, 0.05) is 24.4 Å². The molecule has 0 spiro atoms. The molecule has 0 amide bonds. The van der Waals surface area contributed by atoms with Gasteiger partial charge < -0.3 is 18.5 Å². The minimum atomic E-state index is -0.0132. The average Bonchev–Trinajstić information content (AvgIpc) is 3.71. The Bertz CT molecular complexity index is 2540. The van der Waals surface area contributed by atoms with Gasteiger partial charge in [0.05, 0.1) is 0 Å². The van der Waals surface area contributed by atoms with Crippen LogP contribution >= 0.6 is 0 Å². The smallest absolute Gasteiger partial charge is 0.381 e. The van der Waals surface area contributed by atoms with Gasteiger partial charge in [0.1, 0.15) is 5.82 Å². The third-order valence-corrected chi connectivity index (χ3v) is 10.6. The summed E-state index contributed by atoms with van der Waals surface area (Å²) in [6, 6.07) is 40.5. The van der Waals surface area contributed by atoms with E-state index in [1.807, 2.05) is 48.1 Å². The van der Waals surface area contributed by atoms with E-state index in [1.165, 1.54) is 38.4 Å². The molecule has 0 aliphatic carbocycles. The second-order valence-corrected chi connectivity index (χ2v) is 16.0. The summed E-state index contributed by atoms with van der Waals surface area (Å²) < 4.78 is 6.35. The van der Waals surface area contributed by atoms with Crippen molar-refractivity contribution in [1.82, 2.24) is 18.9 Å². The van der Waals surface area contributed by atoms with Gasteiger partial charge in [-0.3, -0.25) is 0 Å². The predicted molar refractivity (Wildman–Crippen MR) is 228 cm³/mol. The van der Waals surface area contributed by atoms with Crippen molar-refractivity contribution in [1.29, 1.82) is 0 Å². The van der Waals surface area contributed by atoms with Crippen molar-refractivity contribution in [3.63, 3.8) is 0 Å². The molecule has 0 N–H and O–H groups in total. The number of amidine groups is 1. The van der Waals surface area contributed by atoms with E-state index in [4.69, 9.17) is 4.99 Å². The summed E-state index contributed by atoms with van der Waals surface area (Å²) in [7, 11) is 2.02. The van der Waals surface area contributed by atoms with Crippen LogP contribution < -0.4 is 15.6 Å². The van der Waals surface area contributed by atoms with Gasteiger partial charge in [-0.25, -0.2) is 4.98 Å². The Morgan fingerprint density at radius 2 is 1.50 bits per heavy atom. The number of aromatic nitrogens is 4. The molecule has 56 heavy (non-hydrogen) atoms. The third kappa shape index (κ3) is 7.01.